The first-order chi connectivity index (χ1) is 13.9. The lowest BCUT2D eigenvalue weighted by Crippen LogP contribution is -2.37. The number of halogens is 1. The maximum Gasteiger partial charge on any atom is 0.256 e. The summed E-state index contributed by atoms with van der Waals surface area (Å²) in [7, 11) is 1.60. The van der Waals surface area contributed by atoms with Crippen LogP contribution in [0.1, 0.15) is 35.7 Å². The summed E-state index contributed by atoms with van der Waals surface area (Å²) in [4.78, 5) is 27.4. The summed E-state index contributed by atoms with van der Waals surface area (Å²) in [5.74, 6) is -0.514. The molecule has 2 aromatic rings. The molecule has 1 heterocycles. The molecule has 0 radical (unpaired) electrons. The molecular weight excluding hydrogens is 371 g/mol. The second-order valence-corrected chi connectivity index (χ2v) is 7.82. The van der Waals surface area contributed by atoms with Crippen LogP contribution in [0.3, 0.4) is 0 Å². The van der Waals surface area contributed by atoms with E-state index in [0.717, 1.165) is 11.3 Å². The molecule has 1 aliphatic rings. The van der Waals surface area contributed by atoms with Crippen molar-refractivity contribution in [3.05, 3.63) is 65.5 Å². The molecule has 6 heteroatoms. The van der Waals surface area contributed by atoms with Gasteiger partial charge in [-0.25, -0.2) is 4.39 Å². The minimum atomic E-state index is -0.550. The monoisotopic (exact) mass is 398 g/mol. The van der Waals surface area contributed by atoms with E-state index in [-0.39, 0.29) is 29.8 Å². The molecule has 2 atom stereocenters. The van der Waals surface area contributed by atoms with Gasteiger partial charge in [0.25, 0.3) is 5.91 Å². The Bertz CT molecular complexity index is 867. The lowest BCUT2D eigenvalue weighted by Gasteiger charge is -2.19. The Morgan fingerprint density at radius 1 is 1.14 bits per heavy atom. The minimum absolute atomic E-state index is 0.0317. The smallest absolute Gasteiger partial charge is 0.256 e. The molecule has 154 valence electrons. The van der Waals surface area contributed by atoms with Crippen molar-refractivity contribution in [2.24, 2.45) is 11.8 Å². The van der Waals surface area contributed by atoms with E-state index in [1.807, 2.05) is 38.1 Å². The number of hydrogen-bond acceptors (Lipinski definition) is 3. The number of amides is 2. The summed E-state index contributed by atoms with van der Waals surface area (Å²) in [6.07, 6.45) is 0. The maximum atomic E-state index is 14.1. The van der Waals surface area contributed by atoms with Gasteiger partial charge in [-0.15, -0.1) is 0 Å². The zero-order valence-electron chi connectivity index (χ0n) is 17.0. The topological polar surface area (TPSA) is 58.6 Å². The Morgan fingerprint density at radius 3 is 2.45 bits per heavy atom. The SMILES string of the molecule is COc1ccc([C@@H]2CN(C(=O)c3ccccc3F)C[C@H]2C(=O)NCC(C)C)cc1. The van der Waals surface area contributed by atoms with Crippen molar-refractivity contribution < 1.29 is 18.7 Å². The summed E-state index contributed by atoms with van der Waals surface area (Å²) in [5, 5.41) is 2.98. The Hall–Kier alpha value is -2.89. The van der Waals surface area contributed by atoms with Gasteiger partial charge in [-0.05, 0) is 35.7 Å². The standard InChI is InChI=1S/C23H27FN2O3/c1-15(2)12-25-22(27)20-14-26(23(28)18-6-4-5-7-21(18)24)13-19(20)16-8-10-17(29-3)11-9-16/h4-11,15,19-20H,12-14H2,1-3H3,(H,25,27)/t19-,20+/m0/s1. The fourth-order valence-corrected chi connectivity index (χ4v) is 3.66. The van der Waals surface area contributed by atoms with Gasteiger partial charge in [0.15, 0.2) is 0 Å². The molecule has 2 aromatic carbocycles. The normalized spacial score (nSPS) is 18.7. The van der Waals surface area contributed by atoms with Crippen LogP contribution >= 0.6 is 0 Å². The minimum Gasteiger partial charge on any atom is -0.497 e. The number of benzene rings is 2. The quantitative estimate of drug-likeness (QED) is 0.811. The molecule has 0 aromatic heterocycles. The van der Waals surface area contributed by atoms with Crippen LogP contribution in [0.25, 0.3) is 0 Å². The van der Waals surface area contributed by atoms with Crippen LogP contribution in [0.4, 0.5) is 4.39 Å². The summed E-state index contributed by atoms with van der Waals surface area (Å²) in [6, 6.07) is 13.5. The van der Waals surface area contributed by atoms with E-state index in [4.69, 9.17) is 4.74 Å². The molecule has 29 heavy (non-hydrogen) atoms. The molecule has 5 nitrogen and oxygen atoms in total. The van der Waals surface area contributed by atoms with Crippen molar-refractivity contribution in [1.29, 1.82) is 0 Å². The van der Waals surface area contributed by atoms with Crippen molar-refractivity contribution in [3.8, 4) is 5.75 Å². The zero-order chi connectivity index (χ0) is 21.0. The number of ether oxygens (including phenoxy) is 1. The number of nitrogens with zero attached hydrogens (tertiary/aromatic N) is 1. The molecule has 1 fully saturated rings. The highest BCUT2D eigenvalue weighted by Crippen LogP contribution is 2.34. The summed E-state index contributed by atoms with van der Waals surface area (Å²) in [6.45, 7) is 5.26. The molecule has 0 spiro atoms. The lowest BCUT2D eigenvalue weighted by molar-refractivity contribution is -0.125. The average molecular weight is 398 g/mol. The number of nitrogens with one attached hydrogen (secondary N) is 1. The molecule has 0 bridgehead atoms. The largest absolute Gasteiger partial charge is 0.497 e. The highest BCUT2D eigenvalue weighted by molar-refractivity contribution is 5.95. The number of carbonyl (C=O) groups is 2. The first-order valence-electron chi connectivity index (χ1n) is 9.86. The maximum absolute atomic E-state index is 14.1. The van der Waals surface area contributed by atoms with Gasteiger partial charge in [-0.3, -0.25) is 9.59 Å². The molecule has 0 unspecified atom stereocenters. The Balaban J connectivity index is 1.85. The van der Waals surface area contributed by atoms with Crippen LogP contribution < -0.4 is 10.1 Å². The molecular formula is C23H27FN2O3. The van der Waals surface area contributed by atoms with Crippen LogP contribution in [0.5, 0.6) is 5.75 Å². The third-order valence-electron chi connectivity index (χ3n) is 5.28. The molecule has 1 saturated heterocycles. The Labute approximate surface area is 170 Å². The van der Waals surface area contributed by atoms with Gasteiger partial charge in [0.1, 0.15) is 11.6 Å². The number of rotatable bonds is 6. The Morgan fingerprint density at radius 2 is 1.83 bits per heavy atom. The first kappa shape index (κ1) is 20.8. The second-order valence-electron chi connectivity index (χ2n) is 7.82. The molecule has 1 aliphatic heterocycles. The second kappa shape index (κ2) is 9.07. The van der Waals surface area contributed by atoms with E-state index in [2.05, 4.69) is 5.32 Å². The van der Waals surface area contributed by atoms with Crippen molar-refractivity contribution >= 4 is 11.8 Å². The van der Waals surface area contributed by atoms with E-state index >= 15 is 0 Å². The first-order valence-corrected chi connectivity index (χ1v) is 9.86. The number of methoxy groups -OCH3 is 1. The van der Waals surface area contributed by atoms with E-state index in [9.17, 15) is 14.0 Å². The van der Waals surface area contributed by atoms with E-state index in [0.29, 0.717) is 19.0 Å². The molecule has 2 amide bonds. The third-order valence-corrected chi connectivity index (χ3v) is 5.28. The highest BCUT2D eigenvalue weighted by Gasteiger charge is 2.40. The average Bonchev–Trinajstić information content (AvgIpc) is 3.17. The Kier molecular flexibility index (Phi) is 6.52. The predicted octanol–water partition coefficient (Wildman–Crippen LogP) is 3.46. The highest BCUT2D eigenvalue weighted by atomic mass is 19.1. The van der Waals surface area contributed by atoms with Crippen LogP contribution in [0, 0.1) is 17.7 Å². The van der Waals surface area contributed by atoms with Crippen molar-refractivity contribution in [3.63, 3.8) is 0 Å². The van der Waals surface area contributed by atoms with Crippen molar-refractivity contribution in [2.45, 2.75) is 19.8 Å². The fourth-order valence-electron chi connectivity index (χ4n) is 3.66. The van der Waals surface area contributed by atoms with Gasteiger partial charge in [-0.1, -0.05) is 38.1 Å². The summed E-state index contributed by atoms with van der Waals surface area (Å²) < 4.78 is 19.3. The number of carbonyl (C=O) groups excluding carboxylic acids is 2. The molecule has 0 aliphatic carbocycles. The lowest BCUT2D eigenvalue weighted by atomic mass is 9.88. The van der Waals surface area contributed by atoms with Crippen molar-refractivity contribution in [2.75, 3.05) is 26.7 Å². The third kappa shape index (κ3) is 4.75. The van der Waals surface area contributed by atoms with Crippen LogP contribution in [-0.2, 0) is 4.79 Å². The predicted molar refractivity (Wildman–Crippen MR) is 109 cm³/mol. The van der Waals surface area contributed by atoms with Crippen LogP contribution in [-0.4, -0.2) is 43.5 Å². The van der Waals surface area contributed by atoms with Crippen molar-refractivity contribution in [1.82, 2.24) is 10.2 Å². The van der Waals surface area contributed by atoms with Gasteiger partial charge >= 0.3 is 0 Å². The van der Waals surface area contributed by atoms with Gasteiger partial charge in [0.05, 0.1) is 18.6 Å². The number of hydrogen-bond donors (Lipinski definition) is 1. The van der Waals surface area contributed by atoms with Gasteiger partial charge < -0.3 is 15.0 Å². The van der Waals surface area contributed by atoms with E-state index < -0.39 is 11.7 Å². The van der Waals surface area contributed by atoms with E-state index in [1.165, 1.54) is 12.1 Å². The fraction of sp³-hybridized carbons (Fsp3) is 0.391. The molecule has 0 saturated carbocycles. The van der Waals surface area contributed by atoms with Gasteiger partial charge in [0, 0.05) is 25.6 Å². The molecule has 3 rings (SSSR count). The summed E-state index contributed by atoms with van der Waals surface area (Å²) in [5.41, 5.74) is 0.989. The van der Waals surface area contributed by atoms with Gasteiger partial charge in [0.2, 0.25) is 5.91 Å². The summed E-state index contributed by atoms with van der Waals surface area (Å²) >= 11 is 0. The van der Waals surface area contributed by atoms with Crippen LogP contribution in [0.2, 0.25) is 0 Å². The zero-order valence-corrected chi connectivity index (χ0v) is 17.0. The van der Waals surface area contributed by atoms with Crippen LogP contribution in [0.15, 0.2) is 48.5 Å². The number of likely N-dealkylation sites (tertiary alicyclic amines) is 1. The van der Waals surface area contributed by atoms with Gasteiger partial charge in [-0.2, -0.15) is 0 Å². The molecule has 1 N–H and O–H groups in total. The van der Waals surface area contributed by atoms with E-state index in [1.54, 1.807) is 24.1 Å².